The Morgan fingerprint density at radius 2 is 2.16 bits per heavy atom. The molecular formula is C15H21N3O. The van der Waals surface area contributed by atoms with Crippen LogP contribution in [0.2, 0.25) is 0 Å². The van der Waals surface area contributed by atoms with Gasteiger partial charge in [-0.15, -0.1) is 0 Å². The van der Waals surface area contributed by atoms with Crippen LogP contribution >= 0.6 is 0 Å². The fourth-order valence-electron chi connectivity index (χ4n) is 2.03. The molecule has 0 bridgehead atoms. The molecule has 4 nitrogen and oxygen atoms in total. The summed E-state index contributed by atoms with van der Waals surface area (Å²) in [6, 6.07) is 8.18. The summed E-state index contributed by atoms with van der Waals surface area (Å²) < 4.78 is 7.63. The standard InChI is InChI=1S/C15H21N3O/c1-3-18-9-8-17-15(18)12-16-11-13-6-5-7-14(10-13)19-4-2/h5-10,16H,3-4,11-12H2,1-2H3. The van der Waals surface area contributed by atoms with Gasteiger partial charge in [-0.3, -0.25) is 0 Å². The van der Waals surface area contributed by atoms with Crippen molar-refractivity contribution in [1.29, 1.82) is 0 Å². The number of aryl methyl sites for hydroxylation is 1. The van der Waals surface area contributed by atoms with Crippen molar-refractivity contribution in [1.82, 2.24) is 14.9 Å². The van der Waals surface area contributed by atoms with Gasteiger partial charge in [0.25, 0.3) is 0 Å². The number of aromatic nitrogens is 2. The van der Waals surface area contributed by atoms with Gasteiger partial charge in [0, 0.05) is 25.5 Å². The van der Waals surface area contributed by atoms with Crippen LogP contribution in [0.3, 0.4) is 0 Å². The Kier molecular flexibility index (Phi) is 4.98. The number of nitrogens with zero attached hydrogens (tertiary/aromatic N) is 2. The Bertz CT molecular complexity index is 508. The van der Waals surface area contributed by atoms with Crippen LogP contribution in [0.5, 0.6) is 5.75 Å². The molecular weight excluding hydrogens is 238 g/mol. The maximum absolute atomic E-state index is 5.49. The van der Waals surface area contributed by atoms with Gasteiger partial charge in [-0.25, -0.2) is 4.98 Å². The monoisotopic (exact) mass is 259 g/mol. The molecule has 0 unspecified atom stereocenters. The molecule has 0 saturated carbocycles. The molecule has 1 aromatic heterocycles. The first kappa shape index (κ1) is 13.6. The Labute approximate surface area is 114 Å². The molecule has 0 aliphatic carbocycles. The highest BCUT2D eigenvalue weighted by molar-refractivity contribution is 5.28. The maximum atomic E-state index is 5.49. The van der Waals surface area contributed by atoms with E-state index in [1.807, 2.05) is 31.5 Å². The van der Waals surface area contributed by atoms with E-state index in [4.69, 9.17) is 4.74 Å². The molecule has 1 heterocycles. The molecule has 2 rings (SSSR count). The zero-order valence-corrected chi connectivity index (χ0v) is 11.6. The van der Waals surface area contributed by atoms with Gasteiger partial charge < -0.3 is 14.6 Å². The molecule has 102 valence electrons. The van der Waals surface area contributed by atoms with Crippen LogP contribution in [0, 0.1) is 0 Å². The van der Waals surface area contributed by atoms with Crippen molar-refractivity contribution in [3.05, 3.63) is 48.0 Å². The van der Waals surface area contributed by atoms with Gasteiger partial charge in [-0.05, 0) is 31.5 Å². The molecule has 1 aromatic carbocycles. The first-order valence-corrected chi connectivity index (χ1v) is 6.76. The van der Waals surface area contributed by atoms with Crippen molar-refractivity contribution in [2.45, 2.75) is 33.5 Å². The van der Waals surface area contributed by atoms with Crippen molar-refractivity contribution < 1.29 is 4.74 Å². The molecule has 0 fully saturated rings. The Balaban J connectivity index is 1.87. The summed E-state index contributed by atoms with van der Waals surface area (Å²) in [6.07, 6.45) is 3.85. The average Bonchev–Trinajstić information content (AvgIpc) is 2.87. The topological polar surface area (TPSA) is 39.1 Å². The number of benzene rings is 1. The lowest BCUT2D eigenvalue weighted by molar-refractivity contribution is 0.340. The van der Waals surface area contributed by atoms with E-state index < -0.39 is 0 Å². The van der Waals surface area contributed by atoms with Crippen LogP contribution in [0.25, 0.3) is 0 Å². The average molecular weight is 259 g/mol. The summed E-state index contributed by atoms with van der Waals surface area (Å²) in [6.45, 7) is 7.37. The lowest BCUT2D eigenvalue weighted by atomic mass is 10.2. The lowest BCUT2D eigenvalue weighted by Crippen LogP contribution is -2.16. The third-order valence-corrected chi connectivity index (χ3v) is 2.96. The van der Waals surface area contributed by atoms with Crippen molar-refractivity contribution in [3.8, 4) is 5.75 Å². The maximum Gasteiger partial charge on any atom is 0.122 e. The van der Waals surface area contributed by atoms with Crippen LogP contribution in [0.1, 0.15) is 25.2 Å². The van der Waals surface area contributed by atoms with Crippen LogP contribution in [-0.2, 0) is 19.6 Å². The minimum atomic E-state index is 0.699. The van der Waals surface area contributed by atoms with Crippen LogP contribution in [0.15, 0.2) is 36.7 Å². The van der Waals surface area contributed by atoms with E-state index in [9.17, 15) is 0 Å². The number of hydrogen-bond donors (Lipinski definition) is 1. The second-order valence-corrected chi connectivity index (χ2v) is 4.31. The minimum Gasteiger partial charge on any atom is -0.494 e. The predicted molar refractivity (Wildman–Crippen MR) is 76.1 cm³/mol. The second kappa shape index (κ2) is 6.95. The molecule has 0 aliphatic heterocycles. The van der Waals surface area contributed by atoms with Gasteiger partial charge in [0.2, 0.25) is 0 Å². The van der Waals surface area contributed by atoms with E-state index in [2.05, 4.69) is 33.9 Å². The van der Waals surface area contributed by atoms with Crippen molar-refractivity contribution >= 4 is 0 Å². The highest BCUT2D eigenvalue weighted by Crippen LogP contribution is 2.13. The molecule has 0 amide bonds. The molecule has 0 spiro atoms. The normalized spacial score (nSPS) is 10.6. The SMILES string of the molecule is CCOc1cccc(CNCc2nccn2CC)c1. The Morgan fingerprint density at radius 3 is 2.95 bits per heavy atom. The van der Waals surface area contributed by atoms with E-state index in [-0.39, 0.29) is 0 Å². The number of ether oxygens (including phenoxy) is 1. The van der Waals surface area contributed by atoms with Gasteiger partial charge in [0.05, 0.1) is 13.2 Å². The van der Waals surface area contributed by atoms with Gasteiger partial charge in [0.1, 0.15) is 11.6 Å². The van der Waals surface area contributed by atoms with Gasteiger partial charge in [-0.2, -0.15) is 0 Å². The summed E-state index contributed by atoms with van der Waals surface area (Å²) in [4.78, 5) is 4.34. The van der Waals surface area contributed by atoms with Crippen LogP contribution in [-0.4, -0.2) is 16.2 Å². The van der Waals surface area contributed by atoms with Crippen molar-refractivity contribution in [2.75, 3.05) is 6.61 Å². The molecule has 0 aliphatic rings. The zero-order valence-electron chi connectivity index (χ0n) is 11.6. The number of rotatable bonds is 7. The second-order valence-electron chi connectivity index (χ2n) is 4.31. The summed E-state index contributed by atoms with van der Waals surface area (Å²) in [5.74, 6) is 2.00. The van der Waals surface area contributed by atoms with Gasteiger partial charge in [-0.1, -0.05) is 12.1 Å². The quantitative estimate of drug-likeness (QED) is 0.830. The molecule has 4 heteroatoms. The molecule has 0 atom stereocenters. The summed E-state index contributed by atoms with van der Waals surface area (Å²) in [5, 5.41) is 3.41. The third kappa shape index (κ3) is 3.83. The predicted octanol–water partition coefficient (Wildman–Crippen LogP) is 2.59. The fourth-order valence-corrected chi connectivity index (χ4v) is 2.03. The molecule has 2 aromatic rings. The van der Waals surface area contributed by atoms with Gasteiger partial charge in [0.15, 0.2) is 0 Å². The molecule has 19 heavy (non-hydrogen) atoms. The molecule has 0 radical (unpaired) electrons. The van der Waals surface area contributed by atoms with Crippen LogP contribution < -0.4 is 10.1 Å². The van der Waals surface area contributed by atoms with Crippen molar-refractivity contribution in [3.63, 3.8) is 0 Å². The Hall–Kier alpha value is -1.81. The smallest absolute Gasteiger partial charge is 0.122 e. The summed E-state index contributed by atoms with van der Waals surface area (Å²) in [7, 11) is 0. The highest BCUT2D eigenvalue weighted by Gasteiger charge is 2.01. The van der Waals surface area contributed by atoms with Crippen molar-refractivity contribution in [2.24, 2.45) is 0 Å². The lowest BCUT2D eigenvalue weighted by Gasteiger charge is -2.08. The number of nitrogens with one attached hydrogen (secondary N) is 1. The van der Waals surface area contributed by atoms with Gasteiger partial charge >= 0.3 is 0 Å². The Morgan fingerprint density at radius 1 is 1.26 bits per heavy atom. The van der Waals surface area contributed by atoms with E-state index in [0.717, 1.165) is 31.2 Å². The van der Waals surface area contributed by atoms with Crippen LogP contribution in [0.4, 0.5) is 0 Å². The summed E-state index contributed by atoms with van der Waals surface area (Å²) in [5.41, 5.74) is 1.22. The first-order chi connectivity index (χ1) is 9.33. The number of hydrogen-bond acceptors (Lipinski definition) is 3. The first-order valence-electron chi connectivity index (χ1n) is 6.76. The zero-order chi connectivity index (χ0) is 13.5. The fraction of sp³-hybridized carbons (Fsp3) is 0.400. The minimum absolute atomic E-state index is 0.699. The van der Waals surface area contributed by atoms with E-state index >= 15 is 0 Å². The van der Waals surface area contributed by atoms with E-state index in [1.54, 1.807) is 0 Å². The van der Waals surface area contributed by atoms with E-state index in [0.29, 0.717) is 6.61 Å². The largest absolute Gasteiger partial charge is 0.494 e. The van der Waals surface area contributed by atoms with E-state index in [1.165, 1.54) is 5.56 Å². The molecule has 0 saturated heterocycles. The summed E-state index contributed by atoms with van der Waals surface area (Å²) >= 11 is 0. The third-order valence-electron chi connectivity index (χ3n) is 2.96. The highest BCUT2D eigenvalue weighted by atomic mass is 16.5. The molecule has 1 N–H and O–H groups in total. The number of imidazole rings is 1.